The van der Waals surface area contributed by atoms with E-state index in [0.29, 0.717) is 62.0 Å². The fourth-order valence-electron chi connectivity index (χ4n) is 4.28. The van der Waals surface area contributed by atoms with E-state index >= 15 is 0 Å². The van der Waals surface area contributed by atoms with Gasteiger partial charge in [0.2, 0.25) is 5.91 Å². The van der Waals surface area contributed by atoms with Crippen LogP contribution in [0.25, 0.3) is 0 Å². The van der Waals surface area contributed by atoms with Gasteiger partial charge in [-0.1, -0.05) is 0 Å². The number of ketones is 1. The summed E-state index contributed by atoms with van der Waals surface area (Å²) in [4.78, 5) is 38.6. The van der Waals surface area contributed by atoms with Crippen molar-refractivity contribution in [3.05, 3.63) is 52.1 Å². The van der Waals surface area contributed by atoms with Crippen LogP contribution in [-0.2, 0) is 4.79 Å². The number of ether oxygens (including phenoxy) is 3. The molecule has 34 heavy (non-hydrogen) atoms. The Bertz CT molecular complexity index is 1100. The Balaban J connectivity index is 1.35. The lowest BCUT2D eigenvalue weighted by Crippen LogP contribution is -2.47. The van der Waals surface area contributed by atoms with Crippen LogP contribution in [-0.4, -0.2) is 61.0 Å². The lowest BCUT2D eigenvalue weighted by molar-refractivity contribution is -0.384. The van der Waals surface area contributed by atoms with Crippen LogP contribution in [0.5, 0.6) is 17.2 Å². The van der Waals surface area contributed by atoms with Gasteiger partial charge in [0.25, 0.3) is 5.69 Å². The fraction of sp³-hybridized carbons (Fsp3) is 0.417. The Morgan fingerprint density at radius 3 is 2.50 bits per heavy atom. The van der Waals surface area contributed by atoms with Gasteiger partial charge in [0.15, 0.2) is 17.3 Å². The Morgan fingerprint density at radius 1 is 1.12 bits per heavy atom. The molecule has 180 valence electrons. The minimum atomic E-state index is -0.558. The van der Waals surface area contributed by atoms with Crippen molar-refractivity contribution in [3.63, 3.8) is 0 Å². The van der Waals surface area contributed by atoms with E-state index in [2.05, 4.69) is 5.32 Å². The van der Waals surface area contributed by atoms with Crippen LogP contribution in [0, 0.1) is 16.0 Å². The number of nitro groups is 1. The van der Waals surface area contributed by atoms with Gasteiger partial charge in [-0.2, -0.15) is 0 Å². The topological polar surface area (TPSA) is 120 Å². The third kappa shape index (κ3) is 4.96. The molecular formula is C24H27N3O7. The smallest absolute Gasteiger partial charge is 0.296 e. The number of benzene rings is 2. The third-order valence-electron chi connectivity index (χ3n) is 6.31. The number of likely N-dealkylation sites (tertiary alicyclic amines) is 1. The maximum Gasteiger partial charge on any atom is 0.296 e. The molecule has 0 spiro atoms. The maximum atomic E-state index is 13.0. The lowest BCUT2D eigenvalue weighted by atomic mass is 9.88. The number of rotatable bonds is 7. The summed E-state index contributed by atoms with van der Waals surface area (Å²) in [6, 6.07) is 9.05. The number of carbonyl (C=O) groups excluding carboxylic acids is 2. The number of nitro benzene ring substituents is 1. The molecule has 0 saturated carbocycles. The minimum Gasteiger partial charge on any atom is -0.496 e. The summed E-state index contributed by atoms with van der Waals surface area (Å²) < 4.78 is 16.1. The zero-order valence-corrected chi connectivity index (χ0v) is 19.1. The number of nitrogens with zero attached hydrogens (tertiary/aromatic N) is 2. The monoisotopic (exact) mass is 469 g/mol. The highest BCUT2D eigenvalue weighted by atomic mass is 16.6. The summed E-state index contributed by atoms with van der Waals surface area (Å²) in [5, 5.41) is 14.0. The Morgan fingerprint density at radius 2 is 1.82 bits per heavy atom. The highest BCUT2D eigenvalue weighted by Gasteiger charge is 2.31. The second-order valence-corrected chi connectivity index (χ2v) is 8.34. The molecule has 2 aromatic carbocycles. The number of hydrogen-bond donors (Lipinski definition) is 1. The predicted molar refractivity (Wildman–Crippen MR) is 124 cm³/mol. The van der Waals surface area contributed by atoms with Gasteiger partial charge in [0.1, 0.15) is 24.7 Å². The van der Waals surface area contributed by atoms with Crippen LogP contribution < -0.4 is 19.5 Å². The molecule has 1 N–H and O–H groups in total. The van der Waals surface area contributed by atoms with E-state index < -0.39 is 11.0 Å². The molecule has 2 aromatic rings. The first-order chi connectivity index (χ1) is 16.4. The summed E-state index contributed by atoms with van der Waals surface area (Å²) in [6.07, 6.45) is 1.24. The van der Waals surface area contributed by atoms with Gasteiger partial charge in [-0.15, -0.1) is 0 Å². The summed E-state index contributed by atoms with van der Waals surface area (Å²) in [5.74, 6) is 1.15. The molecule has 4 rings (SSSR count). The third-order valence-corrected chi connectivity index (χ3v) is 6.31. The molecule has 2 heterocycles. The van der Waals surface area contributed by atoms with Gasteiger partial charge in [0, 0.05) is 11.5 Å². The van der Waals surface area contributed by atoms with Gasteiger partial charge in [-0.25, -0.2) is 0 Å². The van der Waals surface area contributed by atoms with Gasteiger partial charge in [-0.05, 0) is 63.2 Å². The molecule has 10 nitrogen and oxygen atoms in total. The van der Waals surface area contributed by atoms with E-state index in [9.17, 15) is 19.7 Å². The van der Waals surface area contributed by atoms with E-state index in [-0.39, 0.29) is 29.0 Å². The first kappa shape index (κ1) is 23.5. The zero-order valence-electron chi connectivity index (χ0n) is 19.1. The first-order valence-electron chi connectivity index (χ1n) is 11.2. The number of Topliss-reactive ketones (excluding diaryl/α,β-unsaturated/α-hetero) is 1. The molecule has 0 aliphatic carbocycles. The number of amides is 1. The van der Waals surface area contributed by atoms with E-state index in [1.165, 1.54) is 19.2 Å². The number of anilines is 1. The Kier molecular flexibility index (Phi) is 6.97. The van der Waals surface area contributed by atoms with Gasteiger partial charge < -0.3 is 19.5 Å². The molecule has 2 aliphatic heterocycles. The molecule has 2 aliphatic rings. The quantitative estimate of drug-likeness (QED) is 0.373. The number of carbonyl (C=O) groups is 2. The van der Waals surface area contributed by atoms with E-state index in [1.54, 1.807) is 31.2 Å². The number of nitrogens with one attached hydrogen (secondary N) is 1. The Hall–Kier alpha value is -3.66. The molecule has 1 saturated heterocycles. The van der Waals surface area contributed by atoms with Crippen LogP contribution in [0.15, 0.2) is 36.4 Å². The van der Waals surface area contributed by atoms with E-state index in [4.69, 9.17) is 14.2 Å². The number of hydrogen-bond acceptors (Lipinski definition) is 8. The van der Waals surface area contributed by atoms with Crippen molar-refractivity contribution < 1.29 is 28.7 Å². The molecule has 1 amide bonds. The molecule has 0 aromatic heterocycles. The molecule has 0 radical (unpaired) electrons. The second-order valence-electron chi connectivity index (χ2n) is 8.34. The van der Waals surface area contributed by atoms with Gasteiger partial charge >= 0.3 is 0 Å². The average Bonchev–Trinajstić information content (AvgIpc) is 2.87. The normalized spacial score (nSPS) is 17.0. The summed E-state index contributed by atoms with van der Waals surface area (Å²) in [5.41, 5.74) is 0.482. The van der Waals surface area contributed by atoms with E-state index in [0.717, 1.165) is 0 Å². The lowest BCUT2D eigenvalue weighted by Gasteiger charge is -2.34. The predicted octanol–water partition coefficient (Wildman–Crippen LogP) is 3.30. The summed E-state index contributed by atoms with van der Waals surface area (Å²) >= 11 is 0. The minimum absolute atomic E-state index is 0.0579. The van der Waals surface area contributed by atoms with E-state index in [1.807, 2.05) is 4.90 Å². The van der Waals surface area contributed by atoms with Gasteiger partial charge in [0.05, 0.1) is 24.1 Å². The van der Waals surface area contributed by atoms with Crippen molar-refractivity contribution in [2.24, 2.45) is 5.92 Å². The average molecular weight is 469 g/mol. The Labute approximate surface area is 196 Å². The van der Waals surface area contributed by atoms with Crippen LogP contribution >= 0.6 is 0 Å². The first-order valence-corrected chi connectivity index (χ1v) is 11.2. The highest BCUT2D eigenvalue weighted by Crippen LogP contribution is 2.33. The zero-order chi connectivity index (χ0) is 24.2. The van der Waals surface area contributed by atoms with Gasteiger partial charge in [-0.3, -0.25) is 24.6 Å². The molecule has 1 atom stereocenters. The SMILES string of the molecule is COc1ccc(NC(=O)C(C)N2CCC(C(=O)c3ccc4c(c3)OCCO4)CC2)c([N+](=O)[O-])c1. The molecule has 1 unspecified atom stereocenters. The number of piperidine rings is 1. The molecule has 10 heteroatoms. The van der Waals surface area contributed by atoms with Crippen molar-refractivity contribution in [1.82, 2.24) is 4.90 Å². The summed E-state index contributed by atoms with van der Waals surface area (Å²) in [6.45, 7) is 3.85. The van der Waals surface area contributed by atoms with Crippen LogP contribution in [0.1, 0.15) is 30.1 Å². The van der Waals surface area contributed by atoms with Crippen LogP contribution in [0.4, 0.5) is 11.4 Å². The number of fused-ring (bicyclic) bond motifs is 1. The van der Waals surface area contributed by atoms with Crippen molar-refractivity contribution in [2.45, 2.75) is 25.8 Å². The van der Waals surface area contributed by atoms with Crippen molar-refractivity contribution >= 4 is 23.1 Å². The molecular weight excluding hydrogens is 442 g/mol. The maximum absolute atomic E-state index is 13.0. The number of methoxy groups -OCH3 is 1. The molecule has 1 fully saturated rings. The van der Waals surface area contributed by atoms with Crippen molar-refractivity contribution in [2.75, 3.05) is 38.7 Å². The van der Waals surface area contributed by atoms with Crippen molar-refractivity contribution in [1.29, 1.82) is 0 Å². The highest BCUT2D eigenvalue weighted by molar-refractivity contribution is 5.99. The molecule has 0 bridgehead atoms. The fourth-order valence-corrected chi connectivity index (χ4v) is 4.28. The standard InChI is InChI=1S/C24H27N3O7/c1-15(24(29)25-19-5-4-18(32-2)14-20(19)27(30)31)26-9-7-16(8-10-26)23(28)17-3-6-21-22(13-17)34-12-11-33-21/h3-6,13-16H,7-12H2,1-2H3,(H,25,29). The van der Waals surface area contributed by atoms with Crippen LogP contribution in [0.2, 0.25) is 0 Å². The largest absolute Gasteiger partial charge is 0.496 e. The van der Waals surface area contributed by atoms with Crippen LogP contribution in [0.3, 0.4) is 0 Å². The second kappa shape index (κ2) is 10.1. The van der Waals surface area contributed by atoms with Crippen molar-refractivity contribution in [3.8, 4) is 17.2 Å². The summed E-state index contributed by atoms with van der Waals surface area (Å²) in [7, 11) is 1.42.